The SMILES string of the molecule is COC(=O)/C=C/NCCCC(C)C. The molecular formula is C10H19NO2. The third-order valence-corrected chi connectivity index (χ3v) is 1.64. The predicted octanol–water partition coefficient (Wildman–Crippen LogP) is 1.70. The van der Waals surface area contributed by atoms with E-state index in [2.05, 4.69) is 23.9 Å². The van der Waals surface area contributed by atoms with Gasteiger partial charge in [-0.25, -0.2) is 4.79 Å². The molecule has 0 spiro atoms. The molecule has 3 nitrogen and oxygen atoms in total. The number of carbonyl (C=O) groups is 1. The average molecular weight is 185 g/mol. The number of methoxy groups -OCH3 is 1. The minimum Gasteiger partial charge on any atom is -0.466 e. The van der Waals surface area contributed by atoms with Gasteiger partial charge in [-0.15, -0.1) is 0 Å². The minimum atomic E-state index is -0.323. The van der Waals surface area contributed by atoms with Crippen molar-refractivity contribution in [3.63, 3.8) is 0 Å². The first kappa shape index (κ1) is 12.0. The van der Waals surface area contributed by atoms with Crippen molar-refractivity contribution in [1.29, 1.82) is 0 Å². The van der Waals surface area contributed by atoms with E-state index < -0.39 is 0 Å². The Kier molecular flexibility index (Phi) is 7.07. The molecule has 13 heavy (non-hydrogen) atoms. The lowest BCUT2D eigenvalue weighted by Crippen LogP contribution is -2.09. The van der Waals surface area contributed by atoms with Gasteiger partial charge in [0.15, 0.2) is 0 Å². The van der Waals surface area contributed by atoms with E-state index in [-0.39, 0.29) is 5.97 Å². The lowest BCUT2D eigenvalue weighted by Gasteiger charge is -2.03. The first-order valence-corrected chi connectivity index (χ1v) is 4.64. The Labute approximate surface area is 80.2 Å². The van der Waals surface area contributed by atoms with E-state index in [1.165, 1.54) is 19.6 Å². The van der Waals surface area contributed by atoms with Gasteiger partial charge in [0.05, 0.1) is 7.11 Å². The Morgan fingerprint density at radius 1 is 1.54 bits per heavy atom. The molecule has 0 aliphatic heterocycles. The fourth-order valence-electron chi connectivity index (χ4n) is 0.891. The molecule has 0 aromatic rings. The second kappa shape index (κ2) is 7.65. The summed E-state index contributed by atoms with van der Waals surface area (Å²) in [7, 11) is 1.37. The van der Waals surface area contributed by atoms with Crippen LogP contribution in [0.15, 0.2) is 12.3 Å². The highest BCUT2D eigenvalue weighted by Crippen LogP contribution is 2.01. The zero-order valence-electron chi connectivity index (χ0n) is 8.67. The molecule has 0 rings (SSSR count). The van der Waals surface area contributed by atoms with Gasteiger partial charge in [0.25, 0.3) is 0 Å². The molecule has 0 saturated carbocycles. The van der Waals surface area contributed by atoms with E-state index in [1.54, 1.807) is 6.20 Å². The van der Waals surface area contributed by atoms with Gasteiger partial charge in [-0.1, -0.05) is 13.8 Å². The number of ether oxygens (including phenoxy) is 1. The van der Waals surface area contributed by atoms with E-state index in [0.29, 0.717) is 0 Å². The molecule has 0 atom stereocenters. The summed E-state index contributed by atoms with van der Waals surface area (Å²) >= 11 is 0. The first-order valence-electron chi connectivity index (χ1n) is 4.64. The van der Waals surface area contributed by atoms with Gasteiger partial charge in [-0.2, -0.15) is 0 Å². The Hall–Kier alpha value is -0.990. The number of nitrogens with one attached hydrogen (secondary N) is 1. The molecule has 0 heterocycles. The fraction of sp³-hybridized carbons (Fsp3) is 0.700. The third-order valence-electron chi connectivity index (χ3n) is 1.64. The maximum atomic E-state index is 10.6. The van der Waals surface area contributed by atoms with Crippen molar-refractivity contribution in [3.05, 3.63) is 12.3 Å². The molecule has 0 unspecified atom stereocenters. The van der Waals surface area contributed by atoms with Crippen molar-refractivity contribution < 1.29 is 9.53 Å². The number of esters is 1. The van der Waals surface area contributed by atoms with Gasteiger partial charge in [0.1, 0.15) is 0 Å². The summed E-state index contributed by atoms with van der Waals surface area (Å²) in [4.78, 5) is 10.6. The zero-order valence-corrected chi connectivity index (χ0v) is 8.67. The molecule has 0 radical (unpaired) electrons. The van der Waals surface area contributed by atoms with Crippen LogP contribution in [0.5, 0.6) is 0 Å². The van der Waals surface area contributed by atoms with E-state index in [0.717, 1.165) is 18.9 Å². The second-order valence-corrected chi connectivity index (χ2v) is 3.35. The van der Waals surface area contributed by atoms with Gasteiger partial charge in [0.2, 0.25) is 0 Å². The quantitative estimate of drug-likeness (QED) is 0.389. The predicted molar refractivity (Wildman–Crippen MR) is 53.2 cm³/mol. The summed E-state index contributed by atoms with van der Waals surface area (Å²) in [6.07, 6.45) is 5.35. The van der Waals surface area contributed by atoms with E-state index >= 15 is 0 Å². The van der Waals surface area contributed by atoms with Crippen molar-refractivity contribution in [2.75, 3.05) is 13.7 Å². The molecule has 1 N–H and O–H groups in total. The van der Waals surface area contributed by atoms with E-state index in [9.17, 15) is 4.79 Å². The fourth-order valence-corrected chi connectivity index (χ4v) is 0.891. The molecule has 0 fully saturated rings. The Balaban J connectivity index is 3.25. The molecule has 0 bridgehead atoms. The van der Waals surface area contributed by atoms with E-state index in [4.69, 9.17) is 0 Å². The van der Waals surface area contributed by atoms with Crippen LogP contribution in [0, 0.1) is 5.92 Å². The van der Waals surface area contributed by atoms with Crippen LogP contribution in [-0.4, -0.2) is 19.6 Å². The highest BCUT2D eigenvalue weighted by atomic mass is 16.5. The smallest absolute Gasteiger partial charge is 0.331 e. The van der Waals surface area contributed by atoms with E-state index in [1.807, 2.05) is 0 Å². The summed E-state index contributed by atoms with van der Waals surface area (Å²) in [5.41, 5.74) is 0. The topological polar surface area (TPSA) is 38.3 Å². The Morgan fingerprint density at radius 2 is 2.23 bits per heavy atom. The van der Waals surface area contributed by atoms with Crippen LogP contribution in [-0.2, 0) is 9.53 Å². The molecule has 0 aromatic carbocycles. The lowest BCUT2D eigenvalue weighted by atomic mass is 10.1. The lowest BCUT2D eigenvalue weighted by molar-refractivity contribution is -0.134. The summed E-state index contributed by atoms with van der Waals surface area (Å²) in [6.45, 7) is 5.31. The van der Waals surface area contributed by atoms with Gasteiger partial charge < -0.3 is 10.1 Å². The molecule has 3 heteroatoms. The first-order chi connectivity index (χ1) is 6.16. The average Bonchev–Trinajstić information content (AvgIpc) is 2.10. The van der Waals surface area contributed by atoms with Gasteiger partial charge in [0, 0.05) is 18.8 Å². The van der Waals surface area contributed by atoms with Crippen molar-refractivity contribution >= 4 is 5.97 Å². The maximum Gasteiger partial charge on any atom is 0.331 e. The highest BCUT2D eigenvalue weighted by Gasteiger charge is 1.92. The summed E-state index contributed by atoms with van der Waals surface area (Å²) in [5, 5.41) is 3.02. The van der Waals surface area contributed by atoms with Crippen LogP contribution in [0.3, 0.4) is 0 Å². The van der Waals surface area contributed by atoms with Crippen LogP contribution < -0.4 is 5.32 Å². The minimum absolute atomic E-state index is 0.323. The number of hydrogen-bond acceptors (Lipinski definition) is 3. The molecule has 76 valence electrons. The summed E-state index contributed by atoms with van der Waals surface area (Å²) in [6, 6.07) is 0. The standard InChI is InChI=1S/C10H19NO2/c1-9(2)5-4-7-11-8-6-10(12)13-3/h6,8-9,11H,4-5,7H2,1-3H3/b8-6+. The van der Waals surface area contributed by atoms with Crippen molar-refractivity contribution in [2.45, 2.75) is 26.7 Å². The maximum absolute atomic E-state index is 10.6. The molecule has 0 aliphatic rings. The summed E-state index contributed by atoms with van der Waals surface area (Å²) in [5.74, 6) is 0.419. The molecule has 0 aromatic heterocycles. The number of carbonyl (C=O) groups excluding carboxylic acids is 1. The monoisotopic (exact) mass is 185 g/mol. The van der Waals surface area contributed by atoms with Crippen LogP contribution in [0.2, 0.25) is 0 Å². The van der Waals surface area contributed by atoms with Gasteiger partial charge in [-0.05, 0) is 18.8 Å². The van der Waals surface area contributed by atoms with Gasteiger partial charge >= 0.3 is 5.97 Å². The summed E-state index contributed by atoms with van der Waals surface area (Å²) < 4.78 is 4.43. The second-order valence-electron chi connectivity index (χ2n) is 3.35. The number of hydrogen-bond donors (Lipinski definition) is 1. The largest absolute Gasteiger partial charge is 0.466 e. The number of rotatable bonds is 6. The van der Waals surface area contributed by atoms with Crippen molar-refractivity contribution in [2.24, 2.45) is 5.92 Å². The molecule has 0 aliphatic carbocycles. The molecule has 0 amide bonds. The molecular weight excluding hydrogens is 166 g/mol. The normalized spacial score (nSPS) is 10.8. The van der Waals surface area contributed by atoms with Gasteiger partial charge in [-0.3, -0.25) is 0 Å². The van der Waals surface area contributed by atoms with Crippen LogP contribution in [0.4, 0.5) is 0 Å². The van der Waals surface area contributed by atoms with Crippen molar-refractivity contribution in [1.82, 2.24) is 5.32 Å². The third kappa shape index (κ3) is 8.92. The van der Waals surface area contributed by atoms with Crippen LogP contribution >= 0.6 is 0 Å². The van der Waals surface area contributed by atoms with Crippen molar-refractivity contribution in [3.8, 4) is 0 Å². The van der Waals surface area contributed by atoms with Crippen LogP contribution in [0.1, 0.15) is 26.7 Å². The zero-order chi connectivity index (χ0) is 10.1. The highest BCUT2D eigenvalue weighted by molar-refractivity contribution is 5.81. The molecule has 0 saturated heterocycles. The Bertz CT molecular complexity index is 164. The van der Waals surface area contributed by atoms with Crippen LogP contribution in [0.25, 0.3) is 0 Å². The Morgan fingerprint density at radius 3 is 2.77 bits per heavy atom.